The molecule has 1 atom stereocenters. The van der Waals surface area contributed by atoms with Gasteiger partial charge in [0.05, 0.1) is 4.88 Å². The molecule has 1 aromatic carbocycles. The second-order valence-electron chi connectivity index (χ2n) is 6.05. The van der Waals surface area contributed by atoms with Crippen molar-refractivity contribution in [3.8, 4) is 11.1 Å². The zero-order chi connectivity index (χ0) is 17.4. The summed E-state index contributed by atoms with van der Waals surface area (Å²) in [5, 5.41) is 9.26. The van der Waals surface area contributed by atoms with Crippen LogP contribution in [0.5, 0.6) is 0 Å². The number of aliphatic carboxylic acids is 1. The van der Waals surface area contributed by atoms with Gasteiger partial charge in [-0.25, -0.2) is 9.18 Å². The molecule has 126 valence electrons. The highest BCUT2D eigenvalue weighted by Gasteiger charge is 2.39. The Labute approximate surface area is 143 Å². The van der Waals surface area contributed by atoms with E-state index >= 15 is 0 Å². The standard InChI is InChI=1S/C18H18FNO3S/c1-10(18(22)23)20(14-7-8-14)17(21)16-9-15(11(2)24-16)12-3-5-13(19)6-4-12/h3-6,9-10,14H,7-8H2,1-2H3,(H,22,23). The van der Waals surface area contributed by atoms with Gasteiger partial charge in [0, 0.05) is 10.9 Å². The van der Waals surface area contributed by atoms with Crippen LogP contribution in [0.1, 0.15) is 34.3 Å². The van der Waals surface area contributed by atoms with Crippen molar-refractivity contribution in [2.45, 2.75) is 38.8 Å². The van der Waals surface area contributed by atoms with Gasteiger partial charge in [0.25, 0.3) is 5.91 Å². The number of aryl methyl sites for hydroxylation is 1. The molecule has 1 aliphatic carbocycles. The van der Waals surface area contributed by atoms with E-state index in [0.29, 0.717) is 4.88 Å². The first-order valence-corrected chi connectivity index (χ1v) is 8.62. The van der Waals surface area contributed by atoms with Crippen LogP contribution < -0.4 is 0 Å². The lowest BCUT2D eigenvalue weighted by atomic mass is 10.1. The van der Waals surface area contributed by atoms with Crippen LogP contribution >= 0.6 is 11.3 Å². The lowest BCUT2D eigenvalue weighted by Crippen LogP contribution is -2.44. The summed E-state index contributed by atoms with van der Waals surface area (Å²) < 4.78 is 13.1. The van der Waals surface area contributed by atoms with Crippen molar-refractivity contribution in [1.82, 2.24) is 4.90 Å². The highest BCUT2D eigenvalue weighted by atomic mass is 32.1. The molecule has 0 aliphatic heterocycles. The maximum atomic E-state index is 13.1. The van der Waals surface area contributed by atoms with Crippen LogP contribution in [0.4, 0.5) is 4.39 Å². The summed E-state index contributed by atoms with van der Waals surface area (Å²) in [4.78, 5) is 27.1. The average molecular weight is 347 g/mol. The Bertz CT molecular complexity index is 780. The smallest absolute Gasteiger partial charge is 0.326 e. The number of rotatable bonds is 5. The summed E-state index contributed by atoms with van der Waals surface area (Å²) in [5.74, 6) is -1.55. The molecule has 0 bridgehead atoms. The first-order chi connectivity index (χ1) is 11.4. The van der Waals surface area contributed by atoms with Crippen molar-refractivity contribution in [1.29, 1.82) is 0 Å². The minimum atomic E-state index is -0.998. The highest BCUT2D eigenvalue weighted by Crippen LogP contribution is 2.35. The summed E-state index contributed by atoms with van der Waals surface area (Å²) >= 11 is 1.35. The Kier molecular flexibility index (Phi) is 4.41. The number of amides is 1. The van der Waals surface area contributed by atoms with E-state index in [2.05, 4.69) is 0 Å². The fourth-order valence-electron chi connectivity index (χ4n) is 2.76. The number of carbonyl (C=O) groups excluding carboxylic acids is 1. The van der Waals surface area contributed by atoms with E-state index < -0.39 is 12.0 Å². The molecule has 0 saturated heterocycles. The molecule has 0 spiro atoms. The van der Waals surface area contributed by atoms with Gasteiger partial charge in [-0.1, -0.05) is 12.1 Å². The fraction of sp³-hybridized carbons (Fsp3) is 0.333. The minimum Gasteiger partial charge on any atom is -0.480 e. The summed E-state index contributed by atoms with van der Waals surface area (Å²) in [7, 11) is 0. The molecular weight excluding hydrogens is 329 g/mol. The Hall–Kier alpha value is -2.21. The number of hydrogen-bond acceptors (Lipinski definition) is 3. The molecule has 3 rings (SSSR count). The third kappa shape index (κ3) is 3.19. The number of carboxylic acid groups (broad SMARTS) is 1. The van der Waals surface area contributed by atoms with E-state index in [9.17, 15) is 19.1 Å². The van der Waals surface area contributed by atoms with Crippen LogP contribution in [0.3, 0.4) is 0 Å². The molecule has 1 saturated carbocycles. The van der Waals surface area contributed by atoms with Gasteiger partial charge in [-0.05, 0) is 56.0 Å². The second-order valence-corrected chi connectivity index (χ2v) is 7.30. The summed E-state index contributed by atoms with van der Waals surface area (Å²) in [5.41, 5.74) is 1.72. The SMILES string of the molecule is Cc1sc(C(=O)N(C2CC2)C(C)C(=O)O)cc1-c1ccc(F)cc1. The van der Waals surface area contributed by atoms with E-state index in [0.717, 1.165) is 28.8 Å². The van der Waals surface area contributed by atoms with E-state index in [1.54, 1.807) is 25.1 Å². The number of thiophene rings is 1. The van der Waals surface area contributed by atoms with Gasteiger partial charge in [-0.2, -0.15) is 0 Å². The molecule has 1 aromatic heterocycles. The van der Waals surface area contributed by atoms with Gasteiger partial charge in [0.15, 0.2) is 0 Å². The lowest BCUT2D eigenvalue weighted by Gasteiger charge is -2.25. The zero-order valence-electron chi connectivity index (χ0n) is 13.5. The predicted octanol–water partition coefficient (Wildman–Crippen LogP) is 3.94. The van der Waals surface area contributed by atoms with E-state index in [1.165, 1.54) is 28.4 Å². The van der Waals surface area contributed by atoms with E-state index in [1.807, 2.05) is 6.92 Å². The van der Waals surface area contributed by atoms with Gasteiger partial charge in [0.2, 0.25) is 0 Å². The maximum Gasteiger partial charge on any atom is 0.326 e. The quantitative estimate of drug-likeness (QED) is 0.891. The average Bonchev–Trinajstić information content (AvgIpc) is 3.29. The molecule has 1 heterocycles. The van der Waals surface area contributed by atoms with E-state index in [-0.39, 0.29) is 17.8 Å². The second kappa shape index (κ2) is 6.36. The molecule has 24 heavy (non-hydrogen) atoms. The molecule has 1 fully saturated rings. The molecule has 4 nitrogen and oxygen atoms in total. The van der Waals surface area contributed by atoms with Gasteiger partial charge in [0.1, 0.15) is 11.9 Å². The van der Waals surface area contributed by atoms with Crippen LogP contribution in [0, 0.1) is 12.7 Å². The first-order valence-electron chi connectivity index (χ1n) is 7.80. The van der Waals surface area contributed by atoms with Crippen LogP contribution in [0.15, 0.2) is 30.3 Å². The predicted molar refractivity (Wildman–Crippen MR) is 90.7 cm³/mol. The maximum absolute atomic E-state index is 13.1. The first kappa shape index (κ1) is 16.6. The van der Waals surface area contributed by atoms with Gasteiger partial charge in [-0.15, -0.1) is 11.3 Å². The van der Waals surface area contributed by atoms with Crippen molar-refractivity contribution in [2.24, 2.45) is 0 Å². The minimum absolute atomic E-state index is 0.0141. The molecular formula is C18H18FNO3S. The summed E-state index contributed by atoms with van der Waals surface area (Å²) in [6.45, 7) is 3.45. The Morgan fingerprint density at radius 2 is 1.92 bits per heavy atom. The molecule has 1 unspecified atom stereocenters. The van der Waals surface area contributed by atoms with Crippen LogP contribution in [0.2, 0.25) is 0 Å². The lowest BCUT2D eigenvalue weighted by molar-refractivity contribution is -0.141. The summed E-state index contributed by atoms with van der Waals surface area (Å²) in [6.07, 6.45) is 1.69. The highest BCUT2D eigenvalue weighted by molar-refractivity contribution is 7.14. The largest absolute Gasteiger partial charge is 0.480 e. The third-order valence-corrected chi connectivity index (χ3v) is 5.27. The molecule has 0 radical (unpaired) electrons. The normalized spacial score (nSPS) is 15.1. The van der Waals surface area contributed by atoms with Crippen molar-refractivity contribution in [3.05, 3.63) is 45.9 Å². The van der Waals surface area contributed by atoms with Crippen molar-refractivity contribution < 1.29 is 19.1 Å². The molecule has 1 N–H and O–H groups in total. The molecule has 6 heteroatoms. The van der Waals surface area contributed by atoms with Crippen molar-refractivity contribution in [3.63, 3.8) is 0 Å². The number of carbonyl (C=O) groups is 2. The van der Waals surface area contributed by atoms with E-state index in [4.69, 9.17) is 0 Å². The fourth-order valence-corrected chi connectivity index (χ4v) is 3.75. The topological polar surface area (TPSA) is 57.6 Å². The Morgan fingerprint density at radius 3 is 2.46 bits per heavy atom. The monoisotopic (exact) mass is 347 g/mol. The third-order valence-electron chi connectivity index (χ3n) is 4.23. The number of benzene rings is 1. The number of carboxylic acids is 1. The van der Waals surface area contributed by atoms with Crippen LogP contribution in [0.25, 0.3) is 11.1 Å². The van der Waals surface area contributed by atoms with Crippen molar-refractivity contribution >= 4 is 23.2 Å². The molecule has 1 aliphatic rings. The van der Waals surface area contributed by atoms with Crippen molar-refractivity contribution in [2.75, 3.05) is 0 Å². The number of halogens is 1. The van der Waals surface area contributed by atoms with Gasteiger partial charge < -0.3 is 10.0 Å². The van der Waals surface area contributed by atoms with Crippen LogP contribution in [-0.4, -0.2) is 34.0 Å². The van der Waals surface area contributed by atoms with Gasteiger partial charge in [-0.3, -0.25) is 4.79 Å². The number of hydrogen-bond donors (Lipinski definition) is 1. The van der Waals surface area contributed by atoms with Crippen LogP contribution in [-0.2, 0) is 4.79 Å². The summed E-state index contributed by atoms with van der Waals surface area (Å²) in [6, 6.07) is 7.07. The Balaban J connectivity index is 1.92. The van der Waals surface area contributed by atoms with Gasteiger partial charge >= 0.3 is 5.97 Å². The Morgan fingerprint density at radius 1 is 1.29 bits per heavy atom. The molecule has 1 amide bonds. The zero-order valence-corrected chi connectivity index (χ0v) is 14.3. The number of nitrogens with zero attached hydrogens (tertiary/aromatic N) is 1. The molecule has 2 aromatic rings.